The van der Waals surface area contributed by atoms with Gasteiger partial charge in [-0.05, 0) is 26.8 Å². The molecular formula is C8H15NO. The van der Waals surface area contributed by atoms with Crippen LogP contribution in [0.15, 0.2) is 0 Å². The number of nitrogens with zero attached hydrogens (tertiary/aromatic N) is 1. The number of hydrogen-bond acceptors (Lipinski definition) is 2. The van der Waals surface area contributed by atoms with Crippen LogP contribution in [0.1, 0.15) is 19.8 Å². The van der Waals surface area contributed by atoms with Gasteiger partial charge in [0.1, 0.15) is 0 Å². The van der Waals surface area contributed by atoms with Crippen LogP contribution in [0.25, 0.3) is 0 Å². The van der Waals surface area contributed by atoms with Crippen LogP contribution in [0.3, 0.4) is 0 Å². The van der Waals surface area contributed by atoms with Crippen molar-refractivity contribution in [2.75, 3.05) is 20.1 Å². The molecule has 2 fully saturated rings. The molecule has 0 radical (unpaired) electrons. The van der Waals surface area contributed by atoms with Crippen molar-refractivity contribution in [3.8, 4) is 0 Å². The van der Waals surface area contributed by atoms with E-state index in [0.29, 0.717) is 5.41 Å². The summed E-state index contributed by atoms with van der Waals surface area (Å²) in [6.07, 6.45) is 2.45. The molecule has 1 saturated heterocycles. The lowest BCUT2D eigenvalue weighted by atomic mass is 9.90. The highest BCUT2D eigenvalue weighted by atomic mass is 16.3. The number of hydrogen-bond donors (Lipinski definition) is 1. The largest absolute Gasteiger partial charge is 0.388 e. The van der Waals surface area contributed by atoms with Crippen LogP contribution in [-0.4, -0.2) is 35.7 Å². The van der Waals surface area contributed by atoms with Crippen molar-refractivity contribution in [2.24, 2.45) is 5.41 Å². The summed E-state index contributed by atoms with van der Waals surface area (Å²) in [5.41, 5.74) is -0.108. The third-order valence-corrected chi connectivity index (χ3v) is 3.15. The maximum absolute atomic E-state index is 9.91. The van der Waals surface area contributed by atoms with E-state index in [9.17, 15) is 5.11 Å². The van der Waals surface area contributed by atoms with Crippen LogP contribution in [0.4, 0.5) is 0 Å². The first-order chi connectivity index (χ1) is 4.56. The molecule has 58 valence electrons. The zero-order valence-electron chi connectivity index (χ0n) is 6.72. The van der Waals surface area contributed by atoms with E-state index in [-0.39, 0.29) is 0 Å². The molecule has 0 aromatic carbocycles. The second-order valence-corrected chi connectivity index (χ2v) is 4.23. The smallest absolute Gasteiger partial charge is 0.0814 e. The molecule has 0 aromatic rings. The monoisotopic (exact) mass is 141 g/mol. The fourth-order valence-electron chi connectivity index (χ4n) is 2.28. The van der Waals surface area contributed by atoms with Gasteiger partial charge in [-0.15, -0.1) is 0 Å². The first-order valence-corrected chi connectivity index (χ1v) is 3.97. The van der Waals surface area contributed by atoms with Crippen LogP contribution in [0.5, 0.6) is 0 Å². The van der Waals surface area contributed by atoms with Gasteiger partial charge in [0.25, 0.3) is 0 Å². The zero-order chi connectivity index (χ0) is 7.41. The normalized spacial score (nSPS) is 44.7. The maximum Gasteiger partial charge on any atom is 0.0814 e. The molecule has 0 bridgehead atoms. The average molecular weight is 141 g/mol. The molecular weight excluding hydrogens is 126 g/mol. The molecule has 2 aliphatic rings. The molecule has 1 spiro atoms. The molecule has 2 nitrogen and oxygen atoms in total. The van der Waals surface area contributed by atoms with Gasteiger partial charge in [-0.1, -0.05) is 0 Å². The minimum atomic E-state index is -0.401. The van der Waals surface area contributed by atoms with E-state index < -0.39 is 5.60 Å². The van der Waals surface area contributed by atoms with Crippen molar-refractivity contribution in [3.05, 3.63) is 0 Å². The van der Waals surface area contributed by atoms with E-state index >= 15 is 0 Å². The fourth-order valence-corrected chi connectivity index (χ4v) is 2.28. The topological polar surface area (TPSA) is 23.5 Å². The summed E-state index contributed by atoms with van der Waals surface area (Å²) in [5, 5.41) is 9.91. The van der Waals surface area contributed by atoms with Crippen LogP contribution < -0.4 is 0 Å². The van der Waals surface area contributed by atoms with E-state index in [1.165, 1.54) is 12.8 Å². The van der Waals surface area contributed by atoms with E-state index in [2.05, 4.69) is 11.9 Å². The summed E-state index contributed by atoms with van der Waals surface area (Å²) in [4.78, 5) is 2.23. The molecule has 2 rings (SSSR count). The second kappa shape index (κ2) is 1.56. The molecule has 0 aromatic heterocycles. The zero-order valence-corrected chi connectivity index (χ0v) is 6.72. The number of β-amino-alcohol motifs (C(OH)–C–C–N with tert-alkyl or cyclic N) is 1. The predicted molar refractivity (Wildman–Crippen MR) is 39.8 cm³/mol. The molecule has 1 heterocycles. The highest BCUT2D eigenvalue weighted by Crippen LogP contribution is 2.57. The van der Waals surface area contributed by atoms with Gasteiger partial charge in [-0.2, -0.15) is 0 Å². The molecule has 1 aliphatic carbocycles. The summed E-state index contributed by atoms with van der Waals surface area (Å²) in [7, 11) is 2.08. The number of aliphatic hydroxyl groups is 1. The van der Waals surface area contributed by atoms with Crippen LogP contribution in [0, 0.1) is 5.41 Å². The summed E-state index contributed by atoms with van der Waals surface area (Å²) in [6, 6.07) is 0. The van der Waals surface area contributed by atoms with Gasteiger partial charge in [0.05, 0.1) is 5.60 Å². The van der Waals surface area contributed by atoms with Crippen LogP contribution >= 0.6 is 0 Å². The summed E-state index contributed by atoms with van der Waals surface area (Å²) >= 11 is 0. The van der Waals surface area contributed by atoms with E-state index in [0.717, 1.165) is 13.1 Å². The fraction of sp³-hybridized carbons (Fsp3) is 1.00. The first-order valence-electron chi connectivity index (χ1n) is 3.97. The summed E-state index contributed by atoms with van der Waals surface area (Å²) in [5.74, 6) is 0. The Morgan fingerprint density at radius 2 is 1.90 bits per heavy atom. The molecule has 10 heavy (non-hydrogen) atoms. The average Bonchev–Trinajstić information content (AvgIpc) is 2.40. The SMILES string of the molecule is CN1CC(C)(O)C2(CC2)C1. The van der Waals surface area contributed by atoms with Crippen molar-refractivity contribution < 1.29 is 5.11 Å². The molecule has 1 N–H and O–H groups in total. The molecule has 2 heteroatoms. The van der Waals surface area contributed by atoms with Gasteiger partial charge in [-0.3, -0.25) is 0 Å². The summed E-state index contributed by atoms with van der Waals surface area (Å²) in [6.45, 7) is 3.93. The number of likely N-dealkylation sites (tertiary alicyclic amines) is 1. The molecule has 1 unspecified atom stereocenters. The highest BCUT2D eigenvalue weighted by molar-refractivity contribution is 5.12. The van der Waals surface area contributed by atoms with E-state index in [1.807, 2.05) is 6.92 Å². The Labute approximate surface area is 61.8 Å². The van der Waals surface area contributed by atoms with Crippen molar-refractivity contribution in [3.63, 3.8) is 0 Å². The molecule has 1 saturated carbocycles. The lowest BCUT2D eigenvalue weighted by Gasteiger charge is -2.23. The van der Waals surface area contributed by atoms with Gasteiger partial charge in [0.15, 0.2) is 0 Å². The van der Waals surface area contributed by atoms with Crippen molar-refractivity contribution in [1.29, 1.82) is 0 Å². The van der Waals surface area contributed by atoms with Crippen LogP contribution in [0.2, 0.25) is 0 Å². The van der Waals surface area contributed by atoms with Gasteiger partial charge in [-0.25, -0.2) is 0 Å². The predicted octanol–water partition coefficient (Wildman–Crippen LogP) is 0.463. The maximum atomic E-state index is 9.91. The Bertz CT molecular complexity index is 155. The van der Waals surface area contributed by atoms with E-state index in [1.54, 1.807) is 0 Å². The molecule has 1 atom stereocenters. The highest BCUT2D eigenvalue weighted by Gasteiger charge is 2.60. The van der Waals surface area contributed by atoms with Gasteiger partial charge in [0.2, 0.25) is 0 Å². The quantitative estimate of drug-likeness (QED) is 0.530. The standard InChI is InChI=1S/C8H15NO/c1-7(10)5-9(2)6-8(7)3-4-8/h10H,3-6H2,1-2H3. The first kappa shape index (κ1) is 6.62. The Morgan fingerprint density at radius 1 is 1.30 bits per heavy atom. The Morgan fingerprint density at radius 3 is 2.10 bits per heavy atom. The lowest BCUT2D eigenvalue weighted by Crippen LogP contribution is -2.35. The minimum Gasteiger partial charge on any atom is -0.388 e. The Kier molecular flexibility index (Phi) is 1.03. The summed E-state index contributed by atoms with van der Waals surface area (Å²) < 4.78 is 0. The number of rotatable bonds is 0. The molecule has 1 aliphatic heterocycles. The van der Waals surface area contributed by atoms with Crippen LogP contribution in [-0.2, 0) is 0 Å². The molecule has 0 amide bonds. The second-order valence-electron chi connectivity index (χ2n) is 4.23. The van der Waals surface area contributed by atoms with Crippen molar-refractivity contribution >= 4 is 0 Å². The minimum absolute atomic E-state index is 0.293. The van der Waals surface area contributed by atoms with Gasteiger partial charge < -0.3 is 10.0 Å². The third-order valence-electron chi connectivity index (χ3n) is 3.15. The van der Waals surface area contributed by atoms with Crippen molar-refractivity contribution in [1.82, 2.24) is 4.90 Å². The number of likely N-dealkylation sites (N-methyl/N-ethyl adjacent to an activating group) is 1. The lowest BCUT2D eigenvalue weighted by molar-refractivity contribution is 0.0204. The third kappa shape index (κ3) is 0.663. The Hall–Kier alpha value is -0.0800. The van der Waals surface area contributed by atoms with Gasteiger partial charge >= 0.3 is 0 Å². The Balaban J connectivity index is 2.21. The van der Waals surface area contributed by atoms with E-state index in [4.69, 9.17) is 0 Å². The van der Waals surface area contributed by atoms with Gasteiger partial charge in [0, 0.05) is 18.5 Å². The van der Waals surface area contributed by atoms with Crippen molar-refractivity contribution in [2.45, 2.75) is 25.4 Å².